The molecule has 2 N–H and O–H groups in total. The van der Waals surface area contributed by atoms with Crippen LogP contribution in [0.2, 0.25) is 0 Å². The van der Waals surface area contributed by atoms with Gasteiger partial charge in [0.25, 0.3) is 0 Å². The van der Waals surface area contributed by atoms with Crippen molar-refractivity contribution in [1.29, 1.82) is 0 Å². The molecule has 0 saturated heterocycles. The predicted molar refractivity (Wildman–Crippen MR) is 79.8 cm³/mol. The number of nitrogens with two attached hydrogens (primary N) is 1. The Morgan fingerprint density at radius 1 is 1.25 bits per heavy atom. The Morgan fingerprint density at radius 3 is 2.70 bits per heavy atom. The van der Waals surface area contributed by atoms with Gasteiger partial charge in [0.05, 0.1) is 7.11 Å². The van der Waals surface area contributed by atoms with Gasteiger partial charge in [-0.1, -0.05) is 36.4 Å². The lowest BCUT2D eigenvalue weighted by Gasteiger charge is -2.11. The number of methoxy groups -OCH3 is 1. The van der Waals surface area contributed by atoms with Crippen LogP contribution in [0.15, 0.2) is 48.7 Å². The molecule has 1 saturated carbocycles. The Labute approximate surface area is 119 Å². The standard InChI is InChI=1S/C17H20N2O/c1-20-17-8-7-12(11-19-17)9-16(18)15-10-14(15)13-5-3-2-4-6-13/h2-8,11,14-16H,9-10,18H2,1H3. The molecule has 2 aromatic rings. The second kappa shape index (κ2) is 5.63. The summed E-state index contributed by atoms with van der Waals surface area (Å²) in [6.45, 7) is 0. The summed E-state index contributed by atoms with van der Waals surface area (Å²) in [6.07, 6.45) is 3.94. The van der Waals surface area contributed by atoms with E-state index in [1.54, 1.807) is 7.11 Å². The van der Waals surface area contributed by atoms with E-state index < -0.39 is 0 Å². The summed E-state index contributed by atoms with van der Waals surface area (Å²) in [4.78, 5) is 4.23. The van der Waals surface area contributed by atoms with Gasteiger partial charge in [0.15, 0.2) is 0 Å². The molecule has 1 aromatic carbocycles. The van der Waals surface area contributed by atoms with Crippen molar-refractivity contribution in [2.45, 2.75) is 24.8 Å². The number of rotatable bonds is 5. The van der Waals surface area contributed by atoms with Gasteiger partial charge < -0.3 is 10.5 Å². The summed E-state index contributed by atoms with van der Waals surface area (Å²) in [5.74, 6) is 1.88. The molecular formula is C17H20N2O. The van der Waals surface area contributed by atoms with E-state index >= 15 is 0 Å². The van der Waals surface area contributed by atoms with Gasteiger partial charge in [-0.05, 0) is 35.8 Å². The zero-order valence-corrected chi connectivity index (χ0v) is 11.7. The molecule has 0 amide bonds. The topological polar surface area (TPSA) is 48.1 Å². The summed E-state index contributed by atoms with van der Waals surface area (Å²) < 4.78 is 5.07. The molecule has 0 aliphatic heterocycles. The third-order valence-corrected chi connectivity index (χ3v) is 4.10. The van der Waals surface area contributed by atoms with Crippen LogP contribution in [-0.2, 0) is 6.42 Å². The first-order valence-corrected chi connectivity index (χ1v) is 7.07. The number of aromatic nitrogens is 1. The molecule has 1 aliphatic rings. The lowest BCUT2D eigenvalue weighted by atomic mass is 10.0. The highest BCUT2D eigenvalue weighted by Gasteiger charge is 2.42. The van der Waals surface area contributed by atoms with Gasteiger partial charge >= 0.3 is 0 Å². The summed E-state index contributed by atoms with van der Waals surface area (Å²) in [7, 11) is 1.63. The Balaban J connectivity index is 1.59. The van der Waals surface area contributed by atoms with Crippen LogP contribution in [0, 0.1) is 5.92 Å². The molecule has 1 heterocycles. The smallest absolute Gasteiger partial charge is 0.212 e. The molecule has 1 fully saturated rings. The van der Waals surface area contributed by atoms with Crippen LogP contribution in [0.3, 0.4) is 0 Å². The zero-order chi connectivity index (χ0) is 13.9. The average Bonchev–Trinajstić information content (AvgIpc) is 3.29. The van der Waals surface area contributed by atoms with Crippen LogP contribution in [0.5, 0.6) is 5.88 Å². The summed E-state index contributed by atoms with van der Waals surface area (Å²) in [5.41, 5.74) is 8.95. The monoisotopic (exact) mass is 268 g/mol. The Bertz CT molecular complexity index is 553. The minimum atomic E-state index is 0.204. The van der Waals surface area contributed by atoms with Crippen molar-refractivity contribution in [2.24, 2.45) is 11.7 Å². The third-order valence-electron chi connectivity index (χ3n) is 4.10. The first-order valence-electron chi connectivity index (χ1n) is 7.07. The number of pyridine rings is 1. The lowest BCUT2D eigenvalue weighted by Crippen LogP contribution is -2.26. The predicted octanol–water partition coefficient (Wildman–Crippen LogP) is 2.76. The molecule has 3 atom stereocenters. The largest absolute Gasteiger partial charge is 0.481 e. The number of ether oxygens (including phenoxy) is 1. The van der Waals surface area contributed by atoms with E-state index in [1.807, 2.05) is 18.3 Å². The van der Waals surface area contributed by atoms with Crippen LogP contribution < -0.4 is 10.5 Å². The fourth-order valence-electron chi connectivity index (χ4n) is 2.85. The number of nitrogens with zero attached hydrogens (tertiary/aromatic N) is 1. The van der Waals surface area contributed by atoms with Crippen LogP contribution in [-0.4, -0.2) is 18.1 Å². The average molecular weight is 268 g/mol. The molecule has 1 aliphatic carbocycles. The first-order chi connectivity index (χ1) is 9.78. The Morgan fingerprint density at radius 2 is 2.05 bits per heavy atom. The first kappa shape index (κ1) is 13.1. The highest BCUT2D eigenvalue weighted by atomic mass is 16.5. The minimum Gasteiger partial charge on any atom is -0.481 e. The van der Waals surface area contributed by atoms with Crippen molar-refractivity contribution in [3.8, 4) is 5.88 Å². The lowest BCUT2D eigenvalue weighted by molar-refractivity contribution is 0.397. The highest BCUT2D eigenvalue weighted by molar-refractivity contribution is 5.27. The van der Waals surface area contributed by atoms with Gasteiger partial charge in [-0.3, -0.25) is 0 Å². The van der Waals surface area contributed by atoms with E-state index in [0.29, 0.717) is 17.7 Å². The quantitative estimate of drug-likeness (QED) is 0.907. The van der Waals surface area contributed by atoms with Gasteiger partial charge in [-0.15, -0.1) is 0 Å². The summed E-state index contributed by atoms with van der Waals surface area (Å²) >= 11 is 0. The van der Waals surface area contributed by atoms with E-state index in [-0.39, 0.29) is 6.04 Å². The van der Waals surface area contributed by atoms with Gasteiger partial charge in [-0.2, -0.15) is 0 Å². The van der Waals surface area contributed by atoms with E-state index in [9.17, 15) is 0 Å². The van der Waals surface area contributed by atoms with Crippen molar-refractivity contribution in [2.75, 3.05) is 7.11 Å². The van der Waals surface area contributed by atoms with Crippen LogP contribution >= 0.6 is 0 Å². The number of hydrogen-bond donors (Lipinski definition) is 1. The molecule has 3 unspecified atom stereocenters. The fourth-order valence-corrected chi connectivity index (χ4v) is 2.85. The van der Waals surface area contributed by atoms with Crippen LogP contribution in [0.25, 0.3) is 0 Å². The number of benzene rings is 1. The summed E-state index contributed by atoms with van der Waals surface area (Å²) in [5, 5.41) is 0. The maximum absolute atomic E-state index is 6.35. The van der Waals surface area contributed by atoms with Crippen LogP contribution in [0.1, 0.15) is 23.5 Å². The van der Waals surface area contributed by atoms with Crippen molar-refractivity contribution in [3.05, 3.63) is 59.8 Å². The van der Waals surface area contributed by atoms with Gasteiger partial charge in [-0.25, -0.2) is 4.98 Å². The highest BCUT2D eigenvalue weighted by Crippen LogP contribution is 2.49. The summed E-state index contributed by atoms with van der Waals surface area (Å²) in [6, 6.07) is 14.8. The van der Waals surface area contributed by atoms with Crippen molar-refractivity contribution in [1.82, 2.24) is 4.98 Å². The molecule has 3 nitrogen and oxygen atoms in total. The molecular weight excluding hydrogens is 248 g/mol. The molecule has 20 heavy (non-hydrogen) atoms. The molecule has 0 spiro atoms. The van der Waals surface area contributed by atoms with E-state index in [0.717, 1.165) is 6.42 Å². The molecule has 3 heteroatoms. The van der Waals surface area contributed by atoms with Gasteiger partial charge in [0.2, 0.25) is 5.88 Å². The van der Waals surface area contributed by atoms with Crippen molar-refractivity contribution < 1.29 is 4.74 Å². The fraction of sp³-hybridized carbons (Fsp3) is 0.353. The van der Waals surface area contributed by atoms with E-state index in [2.05, 4.69) is 35.3 Å². The maximum atomic E-state index is 6.35. The molecule has 104 valence electrons. The minimum absolute atomic E-state index is 0.204. The van der Waals surface area contributed by atoms with Gasteiger partial charge in [0, 0.05) is 18.3 Å². The second-order valence-electron chi connectivity index (χ2n) is 5.49. The maximum Gasteiger partial charge on any atom is 0.212 e. The molecule has 3 rings (SSSR count). The van der Waals surface area contributed by atoms with Crippen LogP contribution in [0.4, 0.5) is 0 Å². The third kappa shape index (κ3) is 2.83. The Kier molecular flexibility index (Phi) is 3.70. The number of hydrogen-bond acceptors (Lipinski definition) is 3. The van der Waals surface area contributed by atoms with Crippen molar-refractivity contribution in [3.63, 3.8) is 0 Å². The second-order valence-corrected chi connectivity index (χ2v) is 5.49. The van der Waals surface area contributed by atoms with E-state index in [1.165, 1.54) is 17.5 Å². The molecule has 0 bridgehead atoms. The molecule has 0 radical (unpaired) electrons. The van der Waals surface area contributed by atoms with E-state index in [4.69, 9.17) is 10.5 Å². The Hall–Kier alpha value is -1.87. The molecule has 1 aromatic heterocycles. The SMILES string of the molecule is COc1ccc(CC(N)C2CC2c2ccccc2)cn1. The normalized spacial score (nSPS) is 22.3. The van der Waals surface area contributed by atoms with Gasteiger partial charge in [0.1, 0.15) is 0 Å². The van der Waals surface area contributed by atoms with Crippen molar-refractivity contribution >= 4 is 0 Å². The zero-order valence-electron chi connectivity index (χ0n) is 11.7.